The highest BCUT2D eigenvalue weighted by Gasteiger charge is 2.04. The standard InChI is InChI=1S/C20H17N3O3/c24-23(25)19-12-10-18(11-13-19)22-21-14-17-8-4-5-9-20(17)26-15-16-6-2-1-3-7-16/h1-14,22H,15H2/b21-14-. The van der Waals surface area contributed by atoms with E-state index >= 15 is 0 Å². The van der Waals surface area contributed by atoms with Gasteiger partial charge in [0.25, 0.3) is 5.69 Å². The molecule has 0 saturated heterocycles. The predicted molar refractivity (Wildman–Crippen MR) is 102 cm³/mol. The van der Waals surface area contributed by atoms with Gasteiger partial charge in [0.2, 0.25) is 0 Å². The topological polar surface area (TPSA) is 76.8 Å². The highest BCUT2D eigenvalue weighted by molar-refractivity contribution is 5.84. The Morgan fingerprint density at radius 1 is 0.962 bits per heavy atom. The number of hydrogen-bond donors (Lipinski definition) is 1. The van der Waals surface area contributed by atoms with Crippen LogP contribution in [0.2, 0.25) is 0 Å². The lowest BCUT2D eigenvalue weighted by Crippen LogP contribution is -1.99. The molecule has 0 spiro atoms. The fourth-order valence-corrected chi connectivity index (χ4v) is 2.29. The minimum Gasteiger partial charge on any atom is -0.488 e. The average molecular weight is 347 g/mol. The number of non-ortho nitro benzene ring substituents is 1. The summed E-state index contributed by atoms with van der Waals surface area (Å²) in [5.74, 6) is 0.727. The molecule has 0 unspecified atom stereocenters. The SMILES string of the molecule is O=[N+]([O-])c1ccc(N/N=C\c2ccccc2OCc2ccccc2)cc1. The maximum atomic E-state index is 10.7. The average Bonchev–Trinajstić information content (AvgIpc) is 2.68. The van der Waals surface area contributed by atoms with E-state index in [0.29, 0.717) is 12.3 Å². The van der Waals surface area contributed by atoms with Crippen LogP contribution < -0.4 is 10.2 Å². The lowest BCUT2D eigenvalue weighted by molar-refractivity contribution is -0.384. The van der Waals surface area contributed by atoms with Crippen LogP contribution in [0.1, 0.15) is 11.1 Å². The Kier molecular flexibility index (Phi) is 5.57. The molecular formula is C20H17N3O3. The zero-order chi connectivity index (χ0) is 18.2. The quantitative estimate of drug-likeness (QED) is 0.384. The molecule has 3 aromatic rings. The van der Waals surface area contributed by atoms with Crippen molar-refractivity contribution >= 4 is 17.6 Å². The van der Waals surface area contributed by atoms with Gasteiger partial charge in [0.05, 0.1) is 16.8 Å². The van der Waals surface area contributed by atoms with Crippen molar-refractivity contribution in [2.24, 2.45) is 5.10 Å². The molecule has 3 rings (SSSR count). The molecule has 0 bridgehead atoms. The molecule has 1 N–H and O–H groups in total. The van der Waals surface area contributed by atoms with Gasteiger partial charge in [0.15, 0.2) is 0 Å². The number of nitro benzene ring substituents is 1. The van der Waals surface area contributed by atoms with E-state index < -0.39 is 4.92 Å². The molecular weight excluding hydrogens is 330 g/mol. The van der Waals surface area contributed by atoms with Crippen LogP contribution in [0.5, 0.6) is 5.75 Å². The fraction of sp³-hybridized carbons (Fsp3) is 0.0500. The largest absolute Gasteiger partial charge is 0.488 e. The Hall–Kier alpha value is -3.67. The monoisotopic (exact) mass is 347 g/mol. The molecule has 0 aliphatic rings. The van der Waals surface area contributed by atoms with Crippen molar-refractivity contribution in [1.29, 1.82) is 0 Å². The van der Waals surface area contributed by atoms with Crippen LogP contribution in [0, 0.1) is 10.1 Å². The Bertz CT molecular complexity index is 894. The molecule has 0 atom stereocenters. The minimum atomic E-state index is -0.437. The summed E-state index contributed by atoms with van der Waals surface area (Å²) < 4.78 is 5.87. The van der Waals surface area contributed by atoms with E-state index in [0.717, 1.165) is 16.9 Å². The number of nitro groups is 1. The number of benzene rings is 3. The smallest absolute Gasteiger partial charge is 0.269 e. The molecule has 3 aromatic carbocycles. The lowest BCUT2D eigenvalue weighted by Gasteiger charge is -2.09. The zero-order valence-electron chi connectivity index (χ0n) is 13.9. The van der Waals surface area contributed by atoms with E-state index in [9.17, 15) is 10.1 Å². The van der Waals surface area contributed by atoms with Crippen LogP contribution in [0.4, 0.5) is 11.4 Å². The first-order valence-electron chi connectivity index (χ1n) is 8.01. The van der Waals surface area contributed by atoms with Crippen LogP contribution >= 0.6 is 0 Å². The van der Waals surface area contributed by atoms with Gasteiger partial charge < -0.3 is 4.74 Å². The van der Waals surface area contributed by atoms with Crippen molar-refractivity contribution in [3.8, 4) is 5.75 Å². The van der Waals surface area contributed by atoms with Crippen molar-refractivity contribution in [2.75, 3.05) is 5.43 Å². The third-order valence-corrected chi connectivity index (χ3v) is 3.63. The van der Waals surface area contributed by atoms with Crippen LogP contribution in [-0.4, -0.2) is 11.1 Å². The van der Waals surface area contributed by atoms with Crippen molar-refractivity contribution in [3.63, 3.8) is 0 Å². The van der Waals surface area contributed by atoms with Gasteiger partial charge in [-0.15, -0.1) is 0 Å². The van der Waals surface area contributed by atoms with Crippen molar-refractivity contribution in [1.82, 2.24) is 0 Å². The Labute approximate surface area is 150 Å². The summed E-state index contributed by atoms with van der Waals surface area (Å²) in [6.07, 6.45) is 1.65. The number of anilines is 1. The van der Waals surface area contributed by atoms with E-state index in [1.807, 2.05) is 54.6 Å². The zero-order valence-corrected chi connectivity index (χ0v) is 13.9. The van der Waals surface area contributed by atoms with Crippen LogP contribution in [0.3, 0.4) is 0 Å². The van der Waals surface area contributed by atoms with Crippen molar-refractivity contribution in [2.45, 2.75) is 6.61 Å². The second-order valence-electron chi connectivity index (χ2n) is 5.49. The molecule has 26 heavy (non-hydrogen) atoms. The van der Waals surface area contributed by atoms with Gasteiger partial charge in [0, 0.05) is 17.7 Å². The van der Waals surface area contributed by atoms with Gasteiger partial charge in [-0.05, 0) is 29.8 Å². The summed E-state index contributed by atoms with van der Waals surface area (Å²) in [5, 5.41) is 14.8. The number of para-hydroxylation sites is 1. The molecule has 0 aliphatic heterocycles. The molecule has 0 amide bonds. The Balaban J connectivity index is 1.64. The Morgan fingerprint density at radius 3 is 2.38 bits per heavy atom. The summed E-state index contributed by atoms with van der Waals surface area (Å²) in [6.45, 7) is 0.474. The van der Waals surface area contributed by atoms with E-state index in [4.69, 9.17) is 4.74 Å². The van der Waals surface area contributed by atoms with Crippen LogP contribution in [-0.2, 0) is 6.61 Å². The number of hydrogen-bond acceptors (Lipinski definition) is 5. The summed E-state index contributed by atoms with van der Waals surface area (Å²) >= 11 is 0. The molecule has 130 valence electrons. The molecule has 0 aromatic heterocycles. The van der Waals surface area contributed by atoms with Crippen molar-refractivity contribution < 1.29 is 9.66 Å². The highest BCUT2D eigenvalue weighted by Crippen LogP contribution is 2.18. The van der Waals surface area contributed by atoms with Gasteiger partial charge in [-0.3, -0.25) is 15.5 Å². The van der Waals surface area contributed by atoms with Gasteiger partial charge >= 0.3 is 0 Å². The summed E-state index contributed by atoms with van der Waals surface area (Å²) in [6, 6.07) is 23.6. The lowest BCUT2D eigenvalue weighted by atomic mass is 10.2. The van der Waals surface area contributed by atoms with E-state index in [1.165, 1.54) is 12.1 Å². The fourth-order valence-electron chi connectivity index (χ4n) is 2.29. The van der Waals surface area contributed by atoms with Gasteiger partial charge in [0.1, 0.15) is 12.4 Å². The third-order valence-electron chi connectivity index (χ3n) is 3.63. The van der Waals surface area contributed by atoms with Gasteiger partial charge in [-0.25, -0.2) is 0 Å². The number of ether oxygens (including phenoxy) is 1. The van der Waals surface area contributed by atoms with Crippen molar-refractivity contribution in [3.05, 3.63) is 100 Å². The summed E-state index contributed by atoms with van der Waals surface area (Å²) in [7, 11) is 0. The number of nitrogens with one attached hydrogen (secondary N) is 1. The maximum absolute atomic E-state index is 10.7. The second kappa shape index (κ2) is 8.43. The Morgan fingerprint density at radius 2 is 1.65 bits per heavy atom. The molecule has 0 heterocycles. The van der Waals surface area contributed by atoms with Gasteiger partial charge in [-0.1, -0.05) is 42.5 Å². The minimum absolute atomic E-state index is 0.0409. The molecule has 6 heteroatoms. The number of hydrazone groups is 1. The maximum Gasteiger partial charge on any atom is 0.269 e. The summed E-state index contributed by atoms with van der Waals surface area (Å²) in [4.78, 5) is 10.2. The first-order chi connectivity index (χ1) is 12.7. The third kappa shape index (κ3) is 4.67. The van der Waals surface area contributed by atoms with E-state index in [2.05, 4.69) is 10.5 Å². The first-order valence-corrected chi connectivity index (χ1v) is 8.01. The first kappa shape index (κ1) is 17.2. The predicted octanol–water partition coefficient (Wildman–Crippen LogP) is 4.62. The number of rotatable bonds is 7. The second-order valence-corrected chi connectivity index (χ2v) is 5.49. The molecule has 0 fully saturated rings. The molecule has 0 saturated carbocycles. The van der Waals surface area contributed by atoms with Crippen LogP contribution in [0.15, 0.2) is 84.0 Å². The van der Waals surface area contributed by atoms with Crippen LogP contribution in [0.25, 0.3) is 0 Å². The van der Waals surface area contributed by atoms with E-state index in [-0.39, 0.29) is 5.69 Å². The molecule has 0 radical (unpaired) electrons. The number of nitrogens with zero attached hydrogens (tertiary/aromatic N) is 2. The molecule has 0 aliphatic carbocycles. The molecule has 6 nitrogen and oxygen atoms in total. The normalized spacial score (nSPS) is 10.6. The highest BCUT2D eigenvalue weighted by atomic mass is 16.6. The van der Waals surface area contributed by atoms with Gasteiger partial charge in [-0.2, -0.15) is 5.10 Å². The van der Waals surface area contributed by atoms with E-state index in [1.54, 1.807) is 18.3 Å². The summed E-state index contributed by atoms with van der Waals surface area (Å²) in [5.41, 5.74) is 5.47.